The molecule has 0 radical (unpaired) electrons. The van der Waals surface area contributed by atoms with Crippen molar-refractivity contribution < 1.29 is 9.53 Å². The monoisotopic (exact) mass is 261 g/mol. The summed E-state index contributed by atoms with van der Waals surface area (Å²) in [5.41, 5.74) is 2.55. The number of thiazole rings is 1. The van der Waals surface area contributed by atoms with E-state index in [1.807, 2.05) is 5.38 Å². The molecule has 7 heteroatoms. The molecule has 0 aliphatic carbocycles. The second kappa shape index (κ2) is 8.05. The standard InChI is InChI=1S/C9H11N3O2S.ClH/c1-11-8(9(13)14-3-2-10)4-7-5-15-6-12-7;/h5-6,8,11H,3-4H2,1H3;1H. The van der Waals surface area contributed by atoms with Crippen molar-refractivity contribution in [1.29, 1.82) is 5.26 Å². The van der Waals surface area contributed by atoms with Crippen LogP contribution in [0.3, 0.4) is 0 Å². The molecule has 1 atom stereocenters. The third kappa shape index (κ3) is 4.57. The highest BCUT2D eigenvalue weighted by Gasteiger charge is 2.18. The van der Waals surface area contributed by atoms with Gasteiger partial charge in [-0.25, -0.2) is 4.98 Å². The van der Waals surface area contributed by atoms with E-state index in [9.17, 15) is 4.79 Å². The molecule has 0 aliphatic rings. The van der Waals surface area contributed by atoms with Crippen molar-refractivity contribution >= 4 is 29.7 Å². The molecule has 0 bridgehead atoms. The van der Waals surface area contributed by atoms with Gasteiger partial charge in [0.25, 0.3) is 0 Å². The van der Waals surface area contributed by atoms with Gasteiger partial charge in [0.05, 0.1) is 11.2 Å². The topological polar surface area (TPSA) is 75.0 Å². The van der Waals surface area contributed by atoms with Crippen molar-refractivity contribution in [1.82, 2.24) is 10.3 Å². The summed E-state index contributed by atoms with van der Waals surface area (Å²) in [6, 6.07) is 1.31. The maximum atomic E-state index is 11.4. The lowest BCUT2D eigenvalue weighted by Gasteiger charge is -2.12. The maximum Gasteiger partial charge on any atom is 0.324 e. The largest absolute Gasteiger partial charge is 0.449 e. The number of nitrogens with one attached hydrogen (secondary N) is 1. The lowest BCUT2D eigenvalue weighted by atomic mass is 10.2. The number of halogens is 1. The van der Waals surface area contributed by atoms with Gasteiger partial charge >= 0.3 is 5.97 Å². The van der Waals surface area contributed by atoms with Crippen LogP contribution in [0.4, 0.5) is 0 Å². The third-order valence-corrected chi connectivity index (χ3v) is 2.44. The molecular weight excluding hydrogens is 250 g/mol. The van der Waals surface area contributed by atoms with E-state index < -0.39 is 12.0 Å². The minimum atomic E-state index is -0.444. The molecule has 1 rings (SSSR count). The second-order valence-electron chi connectivity index (χ2n) is 2.79. The molecule has 0 aromatic carbocycles. The van der Waals surface area contributed by atoms with Crippen LogP contribution in [0.25, 0.3) is 0 Å². The van der Waals surface area contributed by atoms with E-state index in [2.05, 4.69) is 10.3 Å². The van der Waals surface area contributed by atoms with Gasteiger partial charge in [-0.3, -0.25) is 4.79 Å². The van der Waals surface area contributed by atoms with Crippen LogP contribution in [0.2, 0.25) is 0 Å². The van der Waals surface area contributed by atoms with Gasteiger partial charge in [0, 0.05) is 11.8 Å². The number of likely N-dealkylation sites (N-methyl/N-ethyl adjacent to an activating group) is 1. The van der Waals surface area contributed by atoms with Gasteiger partial charge in [-0.2, -0.15) is 5.26 Å². The fourth-order valence-electron chi connectivity index (χ4n) is 1.05. The Hall–Kier alpha value is -1.16. The molecule has 1 aromatic rings. The summed E-state index contributed by atoms with van der Waals surface area (Å²) < 4.78 is 4.71. The van der Waals surface area contributed by atoms with Crippen molar-refractivity contribution in [2.45, 2.75) is 12.5 Å². The van der Waals surface area contributed by atoms with E-state index in [1.165, 1.54) is 11.3 Å². The van der Waals surface area contributed by atoms with Crippen molar-refractivity contribution in [2.75, 3.05) is 13.7 Å². The van der Waals surface area contributed by atoms with Crippen molar-refractivity contribution in [2.24, 2.45) is 0 Å². The molecule has 16 heavy (non-hydrogen) atoms. The highest BCUT2D eigenvalue weighted by atomic mass is 35.5. The summed E-state index contributed by atoms with van der Waals surface area (Å²) >= 11 is 1.48. The fourth-order valence-corrected chi connectivity index (χ4v) is 1.63. The second-order valence-corrected chi connectivity index (χ2v) is 3.51. The number of hydrogen-bond donors (Lipinski definition) is 1. The van der Waals surface area contributed by atoms with Crippen LogP contribution < -0.4 is 5.32 Å². The molecule has 1 unspecified atom stereocenters. The van der Waals surface area contributed by atoms with E-state index >= 15 is 0 Å². The normalized spacial score (nSPS) is 11.0. The molecule has 0 saturated carbocycles. The quantitative estimate of drug-likeness (QED) is 0.792. The highest BCUT2D eigenvalue weighted by Crippen LogP contribution is 2.05. The number of nitrogens with zero attached hydrogens (tertiary/aromatic N) is 2. The van der Waals surface area contributed by atoms with Crippen molar-refractivity contribution in [3.05, 3.63) is 16.6 Å². The highest BCUT2D eigenvalue weighted by molar-refractivity contribution is 7.07. The zero-order valence-corrected chi connectivity index (χ0v) is 10.3. The summed E-state index contributed by atoms with van der Waals surface area (Å²) in [5, 5.41) is 13.0. The van der Waals surface area contributed by atoms with Crippen LogP contribution in [0, 0.1) is 11.3 Å². The third-order valence-electron chi connectivity index (χ3n) is 1.81. The van der Waals surface area contributed by atoms with Crippen LogP contribution in [-0.4, -0.2) is 30.6 Å². The Morgan fingerprint density at radius 2 is 2.56 bits per heavy atom. The maximum absolute atomic E-state index is 11.4. The molecule has 88 valence electrons. The van der Waals surface area contributed by atoms with Gasteiger partial charge in [-0.15, -0.1) is 23.7 Å². The Balaban J connectivity index is 0.00000225. The van der Waals surface area contributed by atoms with Gasteiger partial charge in [-0.05, 0) is 7.05 Å². The van der Waals surface area contributed by atoms with Crippen LogP contribution in [0.5, 0.6) is 0 Å². The summed E-state index contributed by atoms with van der Waals surface area (Å²) in [6.07, 6.45) is 0.476. The molecule has 0 fully saturated rings. The van der Waals surface area contributed by atoms with E-state index in [0.717, 1.165) is 5.69 Å². The first-order valence-electron chi connectivity index (χ1n) is 4.36. The van der Waals surface area contributed by atoms with Gasteiger partial charge < -0.3 is 10.1 Å². The summed E-state index contributed by atoms with van der Waals surface area (Å²) in [5.74, 6) is -0.424. The van der Waals surface area contributed by atoms with Crippen LogP contribution in [0.15, 0.2) is 10.9 Å². The van der Waals surface area contributed by atoms with Crippen LogP contribution in [0.1, 0.15) is 5.69 Å². The average Bonchev–Trinajstić information content (AvgIpc) is 2.75. The summed E-state index contributed by atoms with van der Waals surface area (Å²) in [6.45, 7) is -0.214. The number of aromatic nitrogens is 1. The lowest BCUT2D eigenvalue weighted by molar-refractivity contribution is -0.144. The van der Waals surface area contributed by atoms with Gasteiger partial charge in [0.1, 0.15) is 12.1 Å². The smallest absolute Gasteiger partial charge is 0.324 e. The molecule has 0 aliphatic heterocycles. The van der Waals surface area contributed by atoms with Crippen LogP contribution >= 0.6 is 23.7 Å². The van der Waals surface area contributed by atoms with E-state index in [1.54, 1.807) is 18.6 Å². The van der Waals surface area contributed by atoms with Crippen molar-refractivity contribution in [3.63, 3.8) is 0 Å². The van der Waals surface area contributed by atoms with Crippen LogP contribution in [-0.2, 0) is 16.0 Å². The zero-order chi connectivity index (χ0) is 11.1. The molecule has 0 spiro atoms. The van der Waals surface area contributed by atoms with Crippen molar-refractivity contribution in [3.8, 4) is 6.07 Å². The molecular formula is C9H12ClN3O2S. The molecule has 5 nitrogen and oxygen atoms in total. The van der Waals surface area contributed by atoms with E-state index in [-0.39, 0.29) is 19.0 Å². The first-order chi connectivity index (χ1) is 7.27. The minimum absolute atomic E-state index is 0. The Labute approximate surface area is 104 Å². The van der Waals surface area contributed by atoms with Gasteiger partial charge in [-0.1, -0.05) is 0 Å². The Bertz CT molecular complexity index is 350. The lowest BCUT2D eigenvalue weighted by Crippen LogP contribution is -2.37. The number of nitriles is 1. The molecule has 0 amide bonds. The molecule has 1 aromatic heterocycles. The summed E-state index contributed by atoms with van der Waals surface area (Å²) in [7, 11) is 1.67. The number of esters is 1. The SMILES string of the molecule is CNC(Cc1cscn1)C(=O)OCC#N.Cl. The van der Waals surface area contributed by atoms with Gasteiger partial charge in [0.15, 0.2) is 6.61 Å². The number of carbonyl (C=O) groups excluding carboxylic acids is 1. The predicted molar refractivity (Wildman–Crippen MR) is 62.5 cm³/mol. The Morgan fingerprint density at radius 3 is 3.06 bits per heavy atom. The first kappa shape index (κ1) is 14.8. The predicted octanol–water partition coefficient (Wildman–Crippen LogP) is 0.762. The average molecular weight is 262 g/mol. The number of carbonyl (C=O) groups is 1. The number of rotatable bonds is 5. The Morgan fingerprint density at radius 1 is 1.81 bits per heavy atom. The van der Waals surface area contributed by atoms with E-state index in [4.69, 9.17) is 10.00 Å². The zero-order valence-electron chi connectivity index (χ0n) is 8.67. The number of ether oxygens (including phenoxy) is 1. The number of hydrogen-bond acceptors (Lipinski definition) is 6. The fraction of sp³-hybridized carbons (Fsp3) is 0.444. The Kier molecular flexibility index (Phi) is 7.46. The minimum Gasteiger partial charge on any atom is -0.449 e. The first-order valence-corrected chi connectivity index (χ1v) is 5.30. The van der Waals surface area contributed by atoms with E-state index in [0.29, 0.717) is 6.42 Å². The van der Waals surface area contributed by atoms with Gasteiger partial charge in [0.2, 0.25) is 0 Å². The summed E-state index contributed by atoms with van der Waals surface area (Å²) in [4.78, 5) is 15.5. The molecule has 1 N–H and O–H groups in total. The molecule has 1 heterocycles. The molecule has 0 saturated heterocycles.